The molecule has 0 amide bonds. The third-order valence-electron chi connectivity index (χ3n) is 2.43. The number of nitrogens with zero attached hydrogens (tertiary/aromatic N) is 3. The molecule has 0 aliphatic carbocycles. The maximum atomic E-state index is 10.7. The zero-order valence-corrected chi connectivity index (χ0v) is 9.67. The highest BCUT2D eigenvalue weighted by atomic mass is 16.6. The molecule has 88 valence electrons. The van der Waals surface area contributed by atoms with Crippen molar-refractivity contribution in [1.29, 1.82) is 0 Å². The lowest BCUT2D eigenvalue weighted by atomic mass is 10.3. The number of hydrogen-bond donors (Lipinski definition) is 1. The Hall–Kier alpha value is -1.69. The molecule has 6 nitrogen and oxygen atoms in total. The van der Waals surface area contributed by atoms with Crippen LogP contribution in [0.15, 0.2) is 18.3 Å². The second-order valence-corrected chi connectivity index (χ2v) is 3.82. The molecule has 0 aromatic carbocycles. The van der Waals surface area contributed by atoms with E-state index >= 15 is 0 Å². The molecule has 0 saturated heterocycles. The number of pyridine rings is 1. The average Bonchev–Trinajstić information content (AvgIpc) is 2.25. The van der Waals surface area contributed by atoms with Gasteiger partial charge >= 0.3 is 5.69 Å². The maximum absolute atomic E-state index is 10.7. The first-order chi connectivity index (χ1) is 7.52. The summed E-state index contributed by atoms with van der Waals surface area (Å²) in [6, 6.07) is 3.27. The SMILES string of the molecule is CC(CNc1ncccc1[N+](=O)[O-])N(C)C. The summed E-state index contributed by atoms with van der Waals surface area (Å²) < 4.78 is 0. The molecule has 0 fully saturated rings. The standard InChI is InChI=1S/C10H16N4O2/c1-8(13(2)3)7-12-10-9(14(15)16)5-4-6-11-10/h4-6,8H,7H2,1-3H3,(H,11,12). The van der Waals surface area contributed by atoms with E-state index in [1.165, 1.54) is 12.3 Å². The summed E-state index contributed by atoms with van der Waals surface area (Å²) >= 11 is 0. The van der Waals surface area contributed by atoms with Crippen molar-refractivity contribution >= 4 is 11.5 Å². The summed E-state index contributed by atoms with van der Waals surface area (Å²) in [5.41, 5.74) is 0.00783. The Morgan fingerprint density at radius 1 is 1.62 bits per heavy atom. The van der Waals surface area contributed by atoms with Crippen LogP contribution in [0.25, 0.3) is 0 Å². The number of nitro groups is 1. The maximum Gasteiger partial charge on any atom is 0.311 e. The lowest BCUT2D eigenvalue weighted by Gasteiger charge is -2.20. The molecule has 6 heteroatoms. The van der Waals surface area contributed by atoms with Crippen LogP contribution in [-0.4, -0.2) is 41.5 Å². The molecule has 16 heavy (non-hydrogen) atoms. The van der Waals surface area contributed by atoms with E-state index in [0.717, 1.165) is 0 Å². The van der Waals surface area contributed by atoms with Crippen molar-refractivity contribution in [2.24, 2.45) is 0 Å². The Balaban J connectivity index is 2.70. The largest absolute Gasteiger partial charge is 0.363 e. The molecular weight excluding hydrogens is 208 g/mol. The number of likely N-dealkylation sites (N-methyl/N-ethyl adjacent to an activating group) is 1. The van der Waals surface area contributed by atoms with E-state index in [9.17, 15) is 10.1 Å². The van der Waals surface area contributed by atoms with E-state index in [4.69, 9.17) is 0 Å². The molecule has 0 radical (unpaired) electrons. The van der Waals surface area contributed by atoms with Gasteiger partial charge in [-0.3, -0.25) is 10.1 Å². The molecule has 1 N–H and O–H groups in total. The molecule has 0 saturated carbocycles. The van der Waals surface area contributed by atoms with E-state index in [-0.39, 0.29) is 11.7 Å². The number of rotatable bonds is 5. The third-order valence-corrected chi connectivity index (χ3v) is 2.43. The van der Waals surface area contributed by atoms with Crippen molar-refractivity contribution in [2.75, 3.05) is 26.0 Å². The van der Waals surface area contributed by atoms with Gasteiger partial charge < -0.3 is 10.2 Å². The van der Waals surface area contributed by atoms with Crippen molar-refractivity contribution in [2.45, 2.75) is 13.0 Å². The summed E-state index contributed by atoms with van der Waals surface area (Å²) in [6.07, 6.45) is 1.54. The molecule has 1 unspecified atom stereocenters. The Morgan fingerprint density at radius 2 is 2.31 bits per heavy atom. The quantitative estimate of drug-likeness (QED) is 0.604. The molecule has 0 spiro atoms. The van der Waals surface area contributed by atoms with E-state index in [1.807, 2.05) is 25.9 Å². The van der Waals surface area contributed by atoms with Crippen LogP contribution in [0.3, 0.4) is 0 Å². The highest BCUT2D eigenvalue weighted by Gasteiger charge is 2.14. The zero-order chi connectivity index (χ0) is 12.1. The van der Waals surface area contributed by atoms with E-state index < -0.39 is 4.92 Å². The highest BCUT2D eigenvalue weighted by molar-refractivity contribution is 5.55. The summed E-state index contributed by atoms with van der Waals surface area (Å²) in [7, 11) is 3.92. The van der Waals surface area contributed by atoms with Gasteiger partial charge in [-0.15, -0.1) is 0 Å². The minimum Gasteiger partial charge on any atom is -0.363 e. The Kier molecular flexibility index (Phi) is 4.19. The minimum absolute atomic E-state index is 0.00783. The van der Waals surface area contributed by atoms with Crippen LogP contribution in [-0.2, 0) is 0 Å². The van der Waals surface area contributed by atoms with E-state index in [2.05, 4.69) is 10.3 Å². The van der Waals surface area contributed by atoms with Gasteiger partial charge in [0, 0.05) is 24.8 Å². The lowest BCUT2D eigenvalue weighted by Crippen LogP contribution is -2.31. The van der Waals surface area contributed by atoms with E-state index in [1.54, 1.807) is 6.07 Å². The molecule has 0 bridgehead atoms. The zero-order valence-electron chi connectivity index (χ0n) is 9.67. The second-order valence-electron chi connectivity index (χ2n) is 3.82. The van der Waals surface area contributed by atoms with Gasteiger partial charge in [0.2, 0.25) is 5.82 Å². The Labute approximate surface area is 94.4 Å². The molecule has 1 atom stereocenters. The summed E-state index contributed by atoms with van der Waals surface area (Å²) in [6.45, 7) is 2.65. The molecular formula is C10H16N4O2. The van der Waals surface area contributed by atoms with Crippen LogP contribution in [0.5, 0.6) is 0 Å². The molecule has 0 aliphatic rings. The van der Waals surface area contributed by atoms with Crippen molar-refractivity contribution in [3.63, 3.8) is 0 Å². The number of aromatic nitrogens is 1. The first kappa shape index (κ1) is 12.4. The van der Waals surface area contributed by atoms with Crippen LogP contribution in [0, 0.1) is 10.1 Å². The normalized spacial score (nSPS) is 12.5. The van der Waals surface area contributed by atoms with Crippen LogP contribution < -0.4 is 5.32 Å². The second kappa shape index (κ2) is 5.41. The van der Waals surface area contributed by atoms with Gasteiger partial charge in [-0.25, -0.2) is 4.98 Å². The molecule has 1 aromatic heterocycles. The Morgan fingerprint density at radius 3 is 2.88 bits per heavy atom. The van der Waals surface area contributed by atoms with Gasteiger partial charge in [-0.2, -0.15) is 0 Å². The average molecular weight is 224 g/mol. The monoisotopic (exact) mass is 224 g/mol. The summed E-state index contributed by atoms with van der Waals surface area (Å²) in [5, 5.41) is 13.7. The fraction of sp³-hybridized carbons (Fsp3) is 0.500. The lowest BCUT2D eigenvalue weighted by molar-refractivity contribution is -0.384. The van der Waals surface area contributed by atoms with Gasteiger partial charge in [-0.1, -0.05) is 0 Å². The third kappa shape index (κ3) is 3.16. The topological polar surface area (TPSA) is 71.3 Å². The highest BCUT2D eigenvalue weighted by Crippen LogP contribution is 2.19. The van der Waals surface area contributed by atoms with Crippen LogP contribution in [0.4, 0.5) is 11.5 Å². The van der Waals surface area contributed by atoms with E-state index in [0.29, 0.717) is 12.4 Å². The van der Waals surface area contributed by atoms with Gasteiger partial charge in [0.05, 0.1) is 4.92 Å². The molecule has 0 aliphatic heterocycles. The van der Waals surface area contributed by atoms with Gasteiger partial charge in [0.15, 0.2) is 0 Å². The predicted molar refractivity (Wildman–Crippen MR) is 62.5 cm³/mol. The fourth-order valence-electron chi connectivity index (χ4n) is 1.11. The van der Waals surface area contributed by atoms with Crippen molar-refractivity contribution in [1.82, 2.24) is 9.88 Å². The summed E-state index contributed by atoms with van der Waals surface area (Å²) in [5.74, 6) is 0.321. The molecule has 1 aromatic rings. The van der Waals surface area contributed by atoms with Crippen molar-refractivity contribution < 1.29 is 4.92 Å². The van der Waals surface area contributed by atoms with Crippen LogP contribution in [0.1, 0.15) is 6.92 Å². The molecule has 1 heterocycles. The number of hydrogen-bond acceptors (Lipinski definition) is 5. The van der Waals surface area contributed by atoms with Gasteiger partial charge in [0.25, 0.3) is 0 Å². The minimum atomic E-state index is -0.435. The Bertz CT molecular complexity index is 368. The van der Waals surface area contributed by atoms with Crippen molar-refractivity contribution in [3.8, 4) is 0 Å². The molecule has 1 rings (SSSR count). The van der Waals surface area contributed by atoms with Gasteiger partial charge in [0.1, 0.15) is 0 Å². The van der Waals surface area contributed by atoms with Crippen molar-refractivity contribution in [3.05, 3.63) is 28.4 Å². The first-order valence-corrected chi connectivity index (χ1v) is 5.02. The smallest absolute Gasteiger partial charge is 0.311 e. The summed E-state index contributed by atoms with van der Waals surface area (Å²) in [4.78, 5) is 16.3. The first-order valence-electron chi connectivity index (χ1n) is 5.02. The van der Waals surface area contributed by atoms with Crippen LogP contribution in [0.2, 0.25) is 0 Å². The number of anilines is 1. The van der Waals surface area contributed by atoms with Crippen LogP contribution >= 0.6 is 0 Å². The fourth-order valence-corrected chi connectivity index (χ4v) is 1.11. The van der Waals surface area contributed by atoms with Gasteiger partial charge in [-0.05, 0) is 27.1 Å². The predicted octanol–water partition coefficient (Wildman–Crippen LogP) is 1.35. The number of nitrogens with one attached hydrogen (secondary N) is 1.